The van der Waals surface area contributed by atoms with Gasteiger partial charge < -0.3 is 10.1 Å². The van der Waals surface area contributed by atoms with E-state index >= 15 is 0 Å². The Hall–Kier alpha value is -1.05. The fourth-order valence-corrected chi connectivity index (χ4v) is 2.31. The van der Waals surface area contributed by atoms with Gasteiger partial charge in [0.1, 0.15) is 11.6 Å². The summed E-state index contributed by atoms with van der Waals surface area (Å²) in [6.45, 7) is 4.80. The van der Waals surface area contributed by atoms with E-state index < -0.39 is 17.9 Å². The number of halogens is 5. The molecule has 0 amide bonds. The van der Waals surface area contributed by atoms with Gasteiger partial charge >= 0.3 is 6.36 Å². The van der Waals surface area contributed by atoms with Gasteiger partial charge in [0.25, 0.3) is 0 Å². The molecule has 2 rings (SSSR count). The summed E-state index contributed by atoms with van der Waals surface area (Å²) < 4.78 is 54.3. The van der Waals surface area contributed by atoms with Crippen LogP contribution in [0.15, 0.2) is 18.2 Å². The molecule has 0 bridgehead atoms. The molecule has 0 radical (unpaired) electrons. The van der Waals surface area contributed by atoms with Crippen LogP contribution in [-0.2, 0) is 0 Å². The number of benzene rings is 1. The fraction of sp³-hybridized carbons (Fsp3) is 0.538. The highest BCUT2D eigenvalue weighted by Crippen LogP contribution is 2.29. The van der Waals surface area contributed by atoms with E-state index in [9.17, 15) is 17.6 Å². The zero-order valence-electron chi connectivity index (χ0n) is 11.4. The van der Waals surface area contributed by atoms with E-state index in [0.29, 0.717) is 0 Å². The summed E-state index contributed by atoms with van der Waals surface area (Å²) in [5.74, 6) is -0.915. The van der Waals surface area contributed by atoms with Crippen LogP contribution in [0.5, 0.6) is 5.75 Å². The van der Waals surface area contributed by atoms with Crippen LogP contribution in [0, 0.1) is 5.82 Å². The van der Waals surface area contributed by atoms with E-state index in [0.717, 1.165) is 44.4 Å². The van der Waals surface area contributed by atoms with Gasteiger partial charge in [-0.2, -0.15) is 0 Å². The van der Waals surface area contributed by atoms with Crippen molar-refractivity contribution >= 4 is 12.4 Å². The third kappa shape index (κ3) is 5.01. The average Bonchev–Trinajstić information content (AvgIpc) is 2.40. The molecule has 1 aromatic rings. The number of hydrogen-bond donors (Lipinski definition) is 1. The average molecular weight is 329 g/mol. The summed E-state index contributed by atoms with van der Waals surface area (Å²) in [6.07, 6.45) is -4.77. The van der Waals surface area contributed by atoms with Crippen LogP contribution >= 0.6 is 12.4 Å². The third-order valence-corrected chi connectivity index (χ3v) is 3.35. The highest BCUT2D eigenvalue weighted by Gasteiger charge is 2.31. The summed E-state index contributed by atoms with van der Waals surface area (Å²) in [6, 6.07) is 2.82. The second-order valence-corrected chi connectivity index (χ2v) is 4.69. The summed E-state index contributed by atoms with van der Waals surface area (Å²) in [7, 11) is 0. The molecule has 1 heterocycles. The van der Waals surface area contributed by atoms with Crippen LogP contribution in [0.25, 0.3) is 0 Å². The van der Waals surface area contributed by atoms with E-state index in [1.54, 1.807) is 6.92 Å². The Morgan fingerprint density at radius 2 is 1.86 bits per heavy atom. The first kappa shape index (κ1) is 18.0. The van der Waals surface area contributed by atoms with E-state index in [1.807, 2.05) is 4.90 Å². The van der Waals surface area contributed by atoms with Gasteiger partial charge in [-0.25, -0.2) is 4.39 Å². The van der Waals surface area contributed by atoms with Gasteiger partial charge in [-0.3, -0.25) is 4.90 Å². The molecule has 1 N–H and O–H groups in total. The topological polar surface area (TPSA) is 24.5 Å². The first-order chi connectivity index (χ1) is 9.37. The van der Waals surface area contributed by atoms with E-state index in [1.165, 1.54) is 0 Å². The lowest BCUT2D eigenvalue weighted by molar-refractivity contribution is -0.274. The molecular weight excluding hydrogens is 312 g/mol. The summed E-state index contributed by atoms with van der Waals surface area (Å²) in [5.41, 5.74) is 0.216. The zero-order valence-corrected chi connectivity index (χ0v) is 12.2. The van der Waals surface area contributed by atoms with E-state index in [-0.39, 0.29) is 24.0 Å². The molecule has 0 saturated carbocycles. The minimum atomic E-state index is -4.77. The quantitative estimate of drug-likeness (QED) is 0.863. The Morgan fingerprint density at radius 3 is 2.43 bits per heavy atom. The fourth-order valence-electron chi connectivity index (χ4n) is 2.31. The largest absolute Gasteiger partial charge is 0.573 e. The second kappa shape index (κ2) is 7.29. The van der Waals surface area contributed by atoms with E-state index in [4.69, 9.17) is 0 Å². The third-order valence-electron chi connectivity index (χ3n) is 3.35. The number of nitrogens with zero attached hydrogens (tertiary/aromatic N) is 1. The lowest BCUT2D eigenvalue weighted by atomic mass is 10.1. The van der Waals surface area contributed by atoms with Crippen molar-refractivity contribution in [3.63, 3.8) is 0 Å². The van der Waals surface area contributed by atoms with Gasteiger partial charge in [0.15, 0.2) is 0 Å². The van der Waals surface area contributed by atoms with Gasteiger partial charge in [0, 0.05) is 37.8 Å². The van der Waals surface area contributed by atoms with Crippen molar-refractivity contribution in [2.75, 3.05) is 26.2 Å². The summed E-state index contributed by atoms with van der Waals surface area (Å²) >= 11 is 0. The van der Waals surface area contributed by atoms with Crippen LogP contribution in [0.2, 0.25) is 0 Å². The smallest absolute Gasteiger partial charge is 0.406 e. The van der Waals surface area contributed by atoms with Crippen LogP contribution in [-0.4, -0.2) is 37.4 Å². The van der Waals surface area contributed by atoms with Crippen molar-refractivity contribution in [1.82, 2.24) is 10.2 Å². The monoisotopic (exact) mass is 328 g/mol. The minimum absolute atomic E-state index is 0. The molecule has 0 unspecified atom stereocenters. The first-order valence-corrected chi connectivity index (χ1v) is 6.37. The number of hydrogen-bond acceptors (Lipinski definition) is 3. The van der Waals surface area contributed by atoms with Crippen molar-refractivity contribution in [3.8, 4) is 5.75 Å². The standard InChI is InChI=1S/C13H16F4N2O.ClH/c1-9(19-6-4-18-5-7-19)11-8-10(2-3-12(11)14)20-13(15,16)17;/h2-3,8-9,18H,4-7H2,1H3;1H/t9-;/m0./s1. The zero-order chi connectivity index (χ0) is 14.8. The lowest BCUT2D eigenvalue weighted by Gasteiger charge is -2.33. The molecular formula is C13H17ClF4N2O. The van der Waals surface area contributed by atoms with Crippen molar-refractivity contribution in [2.24, 2.45) is 0 Å². The molecule has 1 fully saturated rings. The normalized spacial score (nSPS) is 18.0. The Labute approximate surface area is 126 Å². The predicted octanol–water partition coefficient (Wildman–Crippen LogP) is 3.11. The number of nitrogens with one attached hydrogen (secondary N) is 1. The van der Waals surface area contributed by atoms with Gasteiger partial charge in [-0.1, -0.05) is 0 Å². The predicted molar refractivity (Wildman–Crippen MR) is 73.2 cm³/mol. The van der Waals surface area contributed by atoms with E-state index in [2.05, 4.69) is 10.1 Å². The summed E-state index contributed by atoms with van der Waals surface area (Å²) in [5, 5.41) is 3.17. The molecule has 0 spiro atoms. The Morgan fingerprint density at radius 1 is 1.24 bits per heavy atom. The first-order valence-electron chi connectivity index (χ1n) is 6.37. The molecule has 21 heavy (non-hydrogen) atoms. The molecule has 1 aliphatic rings. The molecule has 1 aromatic carbocycles. The van der Waals surface area contributed by atoms with Crippen molar-refractivity contribution in [1.29, 1.82) is 0 Å². The maximum Gasteiger partial charge on any atom is 0.573 e. The molecule has 0 aliphatic carbocycles. The van der Waals surface area contributed by atoms with Gasteiger partial charge in [0.2, 0.25) is 0 Å². The van der Waals surface area contributed by atoms with Crippen LogP contribution < -0.4 is 10.1 Å². The molecule has 1 atom stereocenters. The number of alkyl halides is 3. The van der Waals surface area contributed by atoms with Crippen molar-refractivity contribution in [3.05, 3.63) is 29.6 Å². The second-order valence-electron chi connectivity index (χ2n) is 4.69. The molecule has 120 valence electrons. The molecule has 8 heteroatoms. The number of rotatable bonds is 3. The maximum atomic E-state index is 13.8. The highest BCUT2D eigenvalue weighted by atomic mass is 35.5. The minimum Gasteiger partial charge on any atom is -0.406 e. The Balaban J connectivity index is 0.00000220. The molecule has 1 saturated heterocycles. The highest BCUT2D eigenvalue weighted by molar-refractivity contribution is 5.85. The SMILES string of the molecule is C[C@@H](c1cc(OC(F)(F)F)ccc1F)N1CCNCC1.Cl. The van der Waals surface area contributed by atoms with Gasteiger partial charge in [-0.15, -0.1) is 25.6 Å². The van der Waals surface area contributed by atoms with Crippen LogP contribution in [0.3, 0.4) is 0 Å². The number of ether oxygens (including phenoxy) is 1. The Kier molecular flexibility index (Phi) is 6.24. The van der Waals surface area contributed by atoms with Crippen LogP contribution in [0.1, 0.15) is 18.5 Å². The molecule has 1 aliphatic heterocycles. The van der Waals surface area contributed by atoms with Crippen molar-refractivity contribution < 1.29 is 22.3 Å². The Bertz CT molecular complexity index is 464. The van der Waals surface area contributed by atoms with Gasteiger partial charge in [-0.05, 0) is 25.1 Å². The van der Waals surface area contributed by atoms with Gasteiger partial charge in [0.05, 0.1) is 0 Å². The van der Waals surface area contributed by atoms with Crippen LogP contribution in [0.4, 0.5) is 17.6 Å². The molecule has 3 nitrogen and oxygen atoms in total. The lowest BCUT2D eigenvalue weighted by Crippen LogP contribution is -2.44. The number of piperazine rings is 1. The molecule has 0 aromatic heterocycles. The summed E-state index contributed by atoms with van der Waals surface area (Å²) in [4.78, 5) is 2.02. The maximum absolute atomic E-state index is 13.8. The van der Waals surface area contributed by atoms with Crippen molar-refractivity contribution in [2.45, 2.75) is 19.3 Å².